The van der Waals surface area contributed by atoms with Crippen molar-refractivity contribution in [2.75, 3.05) is 31.3 Å². The van der Waals surface area contributed by atoms with E-state index in [4.69, 9.17) is 4.74 Å². The van der Waals surface area contributed by atoms with Crippen LogP contribution in [-0.2, 0) is 10.2 Å². The molecule has 6 rings (SSSR count). The standard InChI is InChI=1S/C20H24N2O/c1-2-13-10-21-8-7-20-16-5-3-4-6-17(16)22-12-23-11-15(19(20)22)14(13)9-18(20)21/h2-6,14-15,18-19H,7-12H2,1H3/t14-,15-,18-,19-,20+/m0/s1. The number of piperidine rings is 1. The highest BCUT2D eigenvalue weighted by Gasteiger charge is 2.67. The monoisotopic (exact) mass is 308 g/mol. The van der Waals surface area contributed by atoms with E-state index >= 15 is 0 Å². The Hall–Kier alpha value is -1.32. The van der Waals surface area contributed by atoms with Gasteiger partial charge in [-0.25, -0.2) is 0 Å². The third kappa shape index (κ3) is 1.33. The fourth-order valence-electron chi connectivity index (χ4n) is 6.87. The van der Waals surface area contributed by atoms with Gasteiger partial charge in [0.05, 0.1) is 6.61 Å². The first-order valence-corrected chi connectivity index (χ1v) is 9.17. The van der Waals surface area contributed by atoms with Crippen LogP contribution in [0.5, 0.6) is 0 Å². The van der Waals surface area contributed by atoms with Gasteiger partial charge in [-0.3, -0.25) is 4.90 Å². The number of hydrogen-bond acceptors (Lipinski definition) is 3. The Morgan fingerprint density at radius 3 is 3.13 bits per heavy atom. The SMILES string of the molecule is CC=C1CN2CC[C@]34c5ccccc5N5COC[C@H]([C@H]53)[C@H]1C[C@H]24. The fourth-order valence-corrected chi connectivity index (χ4v) is 6.87. The predicted molar refractivity (Wildman–Crippen MR) is 90.5 cm³/mol. The van der Waals surface area contributed by atoms with Gasteiger partial charge in [0.15, 0.2) is 0 Å². The Morgan fingerprint density at radius 2 is 2.22 bits per heavy atom. The molecule has 120 valence electrons. The van der Waals surface area contributed by atoms with Crippen LogP contribution in [0.25, 0.3) is 0 Å². The van der Waals surface area contributed by atoms with Crippen molar-refractivity contribution in [3.8, 4) is 0 Å². The van der Waals surface area contributed by atoms with Gasteiger partial charge in [0.1, 0.15) is 6.73 Å². The second-order valence-electron chi connectivity index (χ2n) is 8.08. The van der Waals surface area contributed by atoms with E-state index in [0.717, 1.165) is 25.3 Å². The Balaban J connectivity index is 1.62. The molecule has 1 aromatic carbocycles. The summed E-state index contributed by atoms with van der Waals surface area (Å²) in [7, 11) is 0. The van der Waals surface area contributed by atoms with Crippen LogP contribution in [-0.4, -0.2) is 43.4 Å². The maximum absolute atomic E-state index is 6.10. The number of anilines is 1. The zero-order chi connectivity index (χ0) is 15.2. The lowest BCUT2D eigenvalue weighted by Crippen LogP contribution is -2.66. The molecule has 5 atom stereocenters. The van der Waals surface area contributed by atoms with Crippen LogP contribution >= 0.6 is 0 Å². The van der Waals surface area contributed by atoms with Gasteiger partial charge >= 0.3 is 0 Å². The van der Waals surface area contributed by atoms with Crippen molar-refractivity contribution in [2.24, 2.45) is 11.8 Å². The Bertz CT molecular complexity index is 713. The molecule has 1 spiro atoms. The molecule has 1 saturated carbocycles. The second-order valence-corrected chi connectivity index (χ2v) is 8.08. The third-order valence-electron chi connectivity index (χ3n) is 7.60. The molecule has 1 aliphatic carbocycles. The third-order valence-corrected chi connectivity index (χ3v) is 7.60. The summed E-state index contributed by atoms with van der Waals surface area (Å²) in [6.45, 7) is 6.43. The molecule has 0 N–H and O–H groups in total. The number of benzene rings is 1. The number of fused-ring (bicyclic) bond motifs is 4. The number of hydrogen-bond donors (Lipinski definition) is 0. The molecule has 0 aromatic heterocycles. The van der Waals surface area contributed by atoms with Crippen molar-refractivity contribution in [3.63, 3.8) is 0 Å². The van der Waals surface area contributed by atoms with Gasteiger partial charge in [0.2, 0.25) is 0 Å². The number of ether oxygens (including phenoxy) is 1. The molecule has 3 nitrogen and oxygen atoms in total. The zero-order valence-corrected chi connectivity index (χ0v) is 13.7. The summed E-state index contributed by atoms with van der Waals surface area (Å²) in [6, 6.07) is 10.6. The molecule has 3 heteroatoms. The smallest absolute Gasteiger partial charge is 0.119 e. The summed E-state index contributed by atoms with van der Waals surface area (Å²) in [4.78, 5) is 5.41. The topological polar surface area (TPSA) is 15.7 Å². The molecule has 4 heterocycles. The molecule has 4 aliphatic heterocycles. The van der Waals surface area contributed by atoms with Crippen molar-refractivity contribution in [1.82, 2.24) is 4.90 Å². The van der Waals surface area contributed by atoms with Crippen LogP contribution in [0.3, 0.4) is 0 Å². The van der Waals surface area contributed by atoms with Crippen molar-refractivity contribution in [3.05, 3.63) is 41.5 Å². The summed E-state index contributed by atoms with van der Waals surface area (Å²) in [5.74, 6) is 1.40. The maximum atomic E-state index is 6.10. The summed E-state index contributed by atoms with van der Waals surface area (Å²) in [6.07, 6.45) is 5.07. The van der Waals surface area contributed by atoms with E-state index in [1.807, 2.05) is 0 Å². The number of nitrogens with zero attached hydrogens (tertiary/aromatic N) is 2. The zero-order valence-electron chi connectivity index (χ0n) is 13.7. The molecule has 0 unspecified atom stereocenters. The van der Waals surface area contributed by atoms with Crippen molar-refractivity contribution >= 4 is 5.69 Å². The number of para-hydroxylation sites is 1. The first-order chi connectivity index (χ1) is 11.3. The predicted octanol–water partition coefficient (Wildman–Crippen LogP) is 2.77. The van der Waals surface area contributed by atoms with Gasteiger partial charge in [-0.2, -0.15) is 0 Å². The average molecular weight is 308 g/mol. The minimum absolute atomic E-state index is 0.362. The highest BCUT2D eigenvalue weighted by molar-refractivity contribution is 5.67. The molecule has 5 aliphatic rings. The van der Waals surface area contributed by atoms with E-state index in [9.17, 15) is 0 Å². The molecule has 2 bridgehead atoms. The van der Waals surface area contributed by atoms with E-state index in [1.54, 1.807) is 11.1 Å². The summed E-state index contributed by atoms with van der Waals surface area (Å²) < 4.78 is 6.10. The molecule has 3 saturated heterocycles. The molecule has 1 aromatic rings. The minimum atomic E-state index is 0.362. The van der Waals surface area contributed by atoms with Crippen LogP contribution in [0.1, 0.15) is 25.3 Å². The second kappa shape index (κ2) is 4.20. The van der Waals surface area contributed by atoms with Crippen LogP contribution in [0.2, 0.25) is 0 Å². The highest BCUT2D eigenvalue weighted by Crippen LogP contribution is 2.63. The van der Waals surface area contributed by atoms with E-state index in [0.29, 0.717) is 17.4 Å². The lowest BCUT2D eigenvalue weighted by atomic mass is 9.55. The fraction of sp³-hybridized carbons (Fsp3) is 0.600. The minimum Gasteiger partial charge on any atom is -0.361 e. The van der Waals surface area contributed by atoms with Crippen LogP contribution in [0.15, 0.2) is 35.9 Å². The van der Waals surface area contributed by atoms with Gasteiger partial charge in [-0.15, -0.1) is 0 Å². The van der Waals surface area contributed by atoms with E-state index in [-0.39, 0.29) is 0 Å². The summed E-state index contributed by atoms with van der Waals surface area (Å²) in [5, 5.41) is 0. The van der Waals surface area contributed by atoms with E-state index in [1.165, 1.54) is 31.6 Å². The van der Waals surface area contributed by atoms with Crippen molar-refractivity contribution in [2.45, 2.75) is 37.3 Å². The molecule has 0 radical (unpaired) electrons. The normalized spacial score (nSPS) is 45.3. The van der Waals surface area contributed by atoms with Gasteiger partial charge < -0.3 is 9.64 Å². The van der Waals surface area contributed by atoms with Gasteiger partial charge in [-0.05, 0) is 43.9 Å². The van der Waals surface area contributed by atoms with Gasteiger partial charge in [0, 0.05) is 35.6 Å². The van der Waals surface area contributed by atoms with E-state index in [2.05, 4.69) is 47.1 Å². The Kier molecular flexibility index (Phi) is 2.38. The van der Waals surface area contributed by atoms with Crippen molar-refractivity contribution in [1.29, 1.82) is 0 Å². The van der Waals surface area contributed by atoms with Crippen LogP contribution < -0.4 is 4.90 Å². The molecule has 23 heavy (non-hydrogen) atoms. The first-order valence-electron chi connectivity index (χ1n) is 9.17. The summed E-state index contributed by atoms with van der Waals surface area (Å²) in [5.41, 5.74) is 5.11. The summed E-state index contributed by atoms with van der Waals surface area (Å²) >= 11 is 0. The highest BCUT2D eigenvalue weighted by atomic mass is 16.5. The number of allylic oxidation sites excluding steroid dienone is 1. The van der Waals surface area contributed by atoms with Crippen LogP contribution in [0.4, 0.5) is 5.69 Å². The van der Waals surface area contributed by atoms with Gasteiger partial charge in [0.25, 0.3) is 0 Å². The first kappa shape index (κ1) is 13.0. The molecular formula is C20H24N2O. The largest absolute Gasteiger partial charge is 0.361 e. The maximum Gasteiger partial charge on any atom is 0.119 e. The average Bonchev–Trinajstić information content (AvgIpc) is 3.14. The number of rotatable bonds is 0. The quantitative estimate of drug-likeness (QED) is 0.686. The van der Waals surface area contributed by atoms with E-state index < -0.39 is 0 Å². The lowest BCUT2D eigenvalue weighted by Gasteiger charge is -2.58. The Labute approximate surface area is 137 Å². The molecule has 4 fully saturated rings. The van der Waals surface area contributed by atoms with Gasteiger partial charge in [-0.1, -0.05) is 29.8 Å². The Morgan fingerprint density at radius 1 is 1.30 bits per heavy atom. The van der Waals surface area contributed by atoms with Crippen LogP contribution in [0, 0.1) is 11.8 Å². The molecular weight excluding hydrogens is 284 g/mol. The lowest BCUT2D eigenvalue weighted by molar-refractivity contribution is -0.0405. The molecule has 0 amide bonds. The van der Waals surface area contributed by atoms with Crippen molar-refractivity contribution < 1.29 is 4.74 Å².